The van der Waals surface area contributed by atoms with Crippen molar-refractivity contribution < 1.29 is 34.9 Å². The van der Waals surface area contributed by atoms with Crippen molar-refractivity contribution in [2.45, 2.75) is 24.3 Å². The zero-order valence-electron chi connectivity index (χ0n) is 13.4. The Hall–Kier alpha value is -1.50. The minimum absolute atomic E-state index is 0.172. The minimum Gasteiger partial charge on any atom is -0.376 e. The predicted molar refractivity (Wildman–Crippen MR) is 90.7 cm³/mol. The Morgan fingerprint density at radius 1 is 1.19 bits per heavy atom. The van der Waals surface area contributed by atoms with Gasteiger partial charge in [0.1, 0.15) is 11.6 Å². The van der Waals surface area contributed by atoms with Crippen LogP contribution in [0.2, 0.25) is 0 Å². The molecule has 1 fully saturated rings. The number of halogens is 3. The highest BCUT2D eigenvalue weighted by atomic mass is 32.3. The van der Waals surface area contributed by atoms with E-state index in [0.717, 1.165) is 25.1 Å². The molecule has 26 heavy (non-hydrogen) atoms. The number of alkyl halides is 3. The average molecular weight is 414 g/mol. The molecule has 1 unspecified atom stereocenters. The van der Waals surface area contributed by atoms with Gasteiger partial charge in [-0.3, -0.25) is 9.11 Å². The maximum absolute atomic E-state index is 12.4. The normalized spacial score (nSPS) is 24.4. The Morgan fingerprint density at radius 2 is 1.85 bits per heavy atom. The number of nitrogens with zero attached hydrogens (tertiary/aromatic N) is 2. The molecule has 1 aromatic rings. The maximum Gasteiger partial charge on any atom is 0.534 e. The van der Waals surface area contributed by atoms with E-state index in [1.807, 2.05) is 4.90 Å². The monoisotopic (exact) mass is 414 g/mol. The molecule has 0 spiro atoms. The lowest BCUT2D eigenvalue weighted by atomic mass is 9.89. The van der Waals surface area contributed by atoms with Crippen LogP contribution in [0.15, 0.2) is 28.7 Å². The lowest BCUT2D eigenvalue weighted by Crippen LogP contribution is -2.45. The van der Waals surface area contributed by atoms with Crippen LogP contribution in [0.5, 0.6) is 5.75 Å². The van der Waals surface area contributed by atoms with Crippen molar-refractivity contribution in [3.8, 4) is 5.75 Å². The van der Waals surface area contributed by atoms with Gasteiger partial charge >= 0.3 is 15.6 Å². The largest absolute Gasteiger partial charge is 0.534 e. The Morgan fingerprint density at radius 3 is 2.46 bits per heavy atom. The van der Waals surface area contributed by atoms with Gasteiger partial charge in [0, 0.05) is 19.0 Å². The number of piperidine rings is 1. The summed E-state index contributed by atoms with van der Waals surface area (Å²) in [5, 5.41) is 0. The number of benzene rings is 1. The first kappa shape index (κ1) is 19.3. The second-order valence-electron chi connectivity index (χ2n) is 6.02. The van der Waals surface area contributed by atoms with E-state index in [2.05, 4.69) is 8.58 Å². The van der Waals surface area contributed by atoms with Crippen molar-refractivity contribution in [3.63, 3.8) is 0 Å². The van der Waals surface area contributed by atoms with Gasteiger partial charge in [-0.25, -0.2) is 0 Å². The van der Waals surface area contributed by atoms with Crippen molar-refractivity contribution >= 4 is 26.7 Å². The summed E-state index contributed by atoms with van der Waals surface area (Å²) in [7, 11) is -8.74. The first-order chi connectivity index (χ1) is 12.0. The van der Waals surface area contributed by atoms with Crippen molar-refractivity contribution in [1.82, 2.24) is 4.90 Å². The highest BCUT2D eigenvalue weighted by Crippen LogP contribution is 2.46. The van der Waals surface area contributed by atoms with E-state index in [-0.39, 0.29) is 11.7 Å². The van der Waals surface area contributed by atoms with Crippen LogP contribution in [0.25, 0.3) is 0 Å². The number of hydrogen-bond acceptors (Lipinski definition) is 7. The molecule has 1 saturated heterocycles. The molecule has 0 amide bonds. The number of hydrogen-bond donors (Lipinski definition) is 2. The topological polar surface area (TPSA) is 99.4 Å². The van der Waals surface area contributed by atoms with Gasteiger partial charge in [0.2, 0.25) is 0 Å². The Labute approximate surface area is 150 Å². The van der Waals surface area contributed by atoms with Crippen LogP contribution in [0, 0.1) is 0 Å². The molecule has 12 heteroatoms. The van der Waals surface area contributed by atoms with E-state index >= 15 is 0 Å². The number of fused-ring (bicyclic) bond motifs is 1. The Balaban J connectivity index is 1.83. The third kappa shape index (κ3) is 3.92. The fourth-order valence-electron chi connectivity index (χ4n) is 2.97. The molecule has 0 bridgehead atoms. The zero-order valence-corrected chi connectivity index (χ0v) is 15.0. The summed E-state index contributed by atoms with van der Waals surface area (Å²) in [6.45, 7) is 1.22. The summed E-state index contributed by atoms with van der Waals surface area (Å²) in [5.41, 5.74) is -4.82. The van der Waals surface area contributed by atoms with E-state index in [9.17, 15) is 30.7 Å². The lowest BCUT2D eigenvalue weighted by Gasteiger charge is -2.43. The molecule has 1 aromatic carbocycles. The van der Waals surface area contributed by atoms with Crippen LogP contribution >= 0.6 is 10.8 Å². The maximum atomic E-state index is 12.4. The summed E-state index contributed by atoms with van der Waals surface area (Å²) in [6, 6.07) is 5.19. The first-order valence-corrected chi connectivity index (χ1v) is 10.8. The van der Waals surface area contributed by atoms with Crippen LogP contribution < -0.4 is 4.18 Å². The van der Waals surface area contributed by atoms with Crippen LogP contribution in [0.4, 0.5) is 13.2 Å². The fraction of sp³-hybridized carbons (Fsp3) is 0.500. The van der Waals surface area contributed by atoms with E-state index in [1.165, 1.54) is 12.1 Å². The summed E-state index contributed by atoms with van der Waals surface area (Å²) >= 11 is 0. The van der Waals surface area contributed by atoms with E-state index in [4.69, 9.17) is 0 Å². The molecule has 1 atom stereocenters. The summed E-state index contributed by atoms with van der Waals surface area (Å²) in [4.78, 5) is 1.96. The highest BCUT2D eigenvalue weighted by molar-refractivity contribution is 8.23. The Kier molecular flexibility index (Phi) is 4.88. The molecular formula is C14H17F3N2O5S2. The van der Waals surface area contributed by atoms with Gasteiger partial charge in [0.15, 0.2) is 0 Å². The number of amidine groups is 1. The summed E-state index contributed by atoms with van der Waals surface area (Å²) in [5.74, 6) is 0.0156. The molecule has 0 radical (unpaired) electrons. The van der Waals surface area contributed by atoms with E-state index in [0.29, 0.717) is 24.4 Å². The molecule has 0 saturated carbocycles. The fourth-order valence-corrected chi connectivity index (χ4v) is 4.53. The van der Waals surface area contributed by atoms with Crippen molar-refractivity contribution in [2.24, 2.45) is 4.40 Å². The second kappa shape index (κ2) is 6.59. The molecule has 0 aromatic heterocycles. The molecule has 0 aliphatic carbocycles. The van der Waals surface area contributed by atoms with Crippen LogP contribution in [-0.2, 0) is 10.1 Å². The van der Waals surface area contributed by atoms with Crippen LogP contribution in [-0.4, -0.2) is 52.6 Å². The second-order valence-corrected chi connectivity index (χ2v) is 9.41. The Bertz CT molecular complexity index is 809. The summed E-state index contributed by atoms with van der Waals surface area (Å²) < 4.78 is 87.1. The molecule has 3 rings (SSSR count). The quantitative estimate of drug-likeness (QED) is 0.582. The van der Waals surface area contributed by atoms with Crippen molar-refractivity contribution in [2.75, 3.05) is 18.8 Å². The minimum atomic E-state index is -5.72. The zero-order chi connectivity index (χ0) is 19.2. The molecular weight excluding hydrogens is 397 g/mol. The van der Waals surface area contributed by atoms with Gasteiger partial charge in [-0.15, -0.1) is 4.40 Å². The molecule has 2 aliphatic heterocycles. The standard InChI is InChI=1S/C14H17F3N2O5S2/c15-14(16,17)26(22,23)24-11-5-3-10(4-6-11)12-2-1-7-19-8-9-25(20,21)18-13(12)19/h3-6,12,20-21H,1-2,7-9H2. The SMILES string of the molecule is O=S(=O)(Oc1ccc(C2CCCN3CCS(O)(O)N=C23)cc1)C(F)(F)F. The third-order valence-corrected chi connectivity index (χ3v) is 6.39. The average Bonchev–Trinajstić information content (AvgIpc) is 2.53. The predicted octanol–water partition coefficient (Wildman–Crippen LogP) is 3.17. The van der Waals surface area contributed by atoms with E-state index < -0.39 is 32.2 Å². The molecule has 2 aliphatic rings. The van der Waals surface area contributed by atoms with Crippen LogP contribution in [0.3, 0.4) is 0 Å². The molecule has 2 heterocycles. The van der Waals surface area contributed by atoms with Gasteiger partial charge in [0.05, 0.1) is 5.75 Å². The highest BCUT2D eigenvalue weighted by Gasteiger charge is 2.48. The van der Waals surface area contributed by atoms with Gasteiger partial charge in [0.25, 0.3) is 0 Å². The summed E-state index contributed by atoms with van der Waals surface area (Å²) in [6.07, 6.45) is 1.54. The third-order valence-electron chi connectivity index (χ3n) is 4.20. The van der Waals surface area contributed by atoms with Crippen LogP contribution in [0.1, 0.15) is 24.3 Å². The lowest BCUT2D eigenvalue weighted by molar-refractivity contribution is -0.0500. The van der Waals surface area contributed by atoms with E-state index in [1.54, 1.807) is 0 Å². The van der Waals surface area contributed by atoms with Gasteiger partial charge in [-0.05, 0) is 30.5 Å². The molecule has 2 N–H and O–H groups in total. The van der Waals surface area contributed by atoms with Gasteiger partial charge < -0.3 is 9.08 Å². The molecule has 7 nitrogen and oxygen atoms in total. The first-order valence-electron chi connectivity index (χ1n) is 7.70. The molecule has 146 valence electrons. The van der Waals surface area contributed by atoms with Gasteiger partial charge in [-0.2, -0.15) is 21.6 Å². The smallest absolute Gasteiger partial charge is 0.376 e. The van der Waals surface area contributed by atoms with Gasteiger partial charge in [-0.1, -0.05) is 22.9 Å². The number of rotatable bonds is 3. The van der Waals surface area contributed by atoms with Crippen molar-refractivity contribution in [3.05, 3.63) is 29.8 Å². The van der Waals surface area contributed by atoms with Crippen molar-refractivity contribution in [1.29, 1.82) is 0 Å².